The monoisotopic (exact) mass is 319 g/mol. The number of nitrogens with two attached hydrogens (primary N) is 1. The standard InChI is InChI=1S/C17H25N3O3/c1-17(2,3)23-16(22)20-10-9-12(11-20)15(21)19(4)14-8-6-5-7-13(14)18/h5-8,12H,9-11,18H2,1-4H3. The summed E-state index contributed by atoms with van der Waals surface area (Å²) in [5.41, 5.74) is 6.64. The van der Waals surface area contributed by atoms with Gasteiger partial charge in [0.05, 0.1) is 17.3 Å². The lowest BCUT2D eigenvalue weighted by Crippen LogP contribution is -2.38. The smallest absolute Gasteiger partial charge is 0.410 e. The van der Waals surface area contributed by atoms with Gasteiger partial charge < -0.3 is 20.3 Å². The van der Waals surface area contributed by atoms with Gasteiger partial charge in [0.15, 0.2) is 0 Å². The number of anilines is 2. The second-order valence-corrected chi connectivity index (χ2v) is 6.87. The SMILES string of the molecule is CN(C(=O)C1CCN(C(=O)OC(C)(C)C)C1)c1ccccc1N. The molecule has 6 heteroatoms. The number of ether oxygens (including phenoxy) is 1. The lowest BCUT2D eigenvalue weighted by molar-refractivity contribution is -0.121. The Morgan fingerprint density at radius 2 is 1.96 bits per heavy atom. The first-order valence-electron chi connectivity index (χ1n) is 7.79. The molecular weight excluding hydrogens is 294 g/mol. The predicted molar refractivity (Wildman–Crippen MR) is 90.2 cm³/mol. The van der Waals surface area contributed by atoms with Crippen LogP contribution in [0.4, 0.5) is 16.2 Å². The maximum atomic E-state index is 12.6. The summed E-state index contributed by atoms with van der Waals surface area (Å²) in [5.74, 6) is -0.263. The third-order valence-electron chi connectivity index (χ3n) is 3.82. The Labute approximate surface area is 137 Å². The van der Waals surface area contributed by atoms with E-state index in [1.54, 1.807) is 22.9 Å². The number of benzene rings is 1. The Morgan fingerprint density at radius 3 is 2.57 bits per heavy atom. The highest BCUT2D eigenvalue weighted by Crippen LogP contribution is 2.26. The zero-order valence-electron chi connectivity index (χ0n) is 14.2. The quantitative estimate of drug-likeness (QED) is 0.850. The molecule has 1 aromatic carbocycles. The first kappa shape index (κ1) is 17.1. The number of rotatable bonds is 2. The molecule has 126 valence electrons. The molecule has 1 unspecified atom stereocenters. The average Bonchev–Trinajstić information content (AvgIpc) is 2.94. The lowest BCUT2D eigenvalue weighted by Gasteiger charge is -2.25. The van der Waals surface area contributed by atoms with E-state index in [0.29, 0.717) is 30.9 Å². The molecule has 0 bridgehead atoms. The largest absolute Gasteiger partial charge is 0.444 e. The fraction of sp³-hybridized carbons (Fsp3) is 0.529. The zero-order chi connectivity index (χ0) is 17.2. The van der Waals surface area contributed by atoms with E-state index >= 15 is 0 Å². The summed E-state index contributed by atoms with van der Waals surface area (Å²) in [6.07, 6.45) is 0.268. The number of nitrogen functional groups attached to an aromatic ring is 1. The number of hydrogen-bond acceptors (Lipinski definition) is 4. The van der Waals surface area contributed by atoms with Crippen LogP contribution in [-0.4, -0.2) is 42.6 Å². The Hall–Kier alpha value is -2.24. The van der Waals surface area contributed by atoms with E-state index < -0.39 is 5.60 Å². The van der Waals surface area contributed by atoms with Gasteiger partial charge in [-0.1, -0.05) is 12.1 Å². The molecule has 2 N–H and O–H groups in total. The topological polar surface area (TPSA) is 75.9 Å². The first-order valence-corrected chi connectivity index (χ1v) is 7.79. The van der Waals surface area contributed by atoms with Gasteiger partial charge in [0.2, 0.25) is 5.91 Å². The summed E-state index contributed by atoms with van der Waals surface area (Å²) < 4.78 is 5.36. The third-order valence-corrected chi connectivity index (χ3v) is 3.82. The van der Waals surface area contributed by atoms with Crippen LogP contribution in [0.5, 0.6) is 0 Å². The summed E-state index contributed by atoms with van der Waals surface area (Å²) >= 11 is 0. The van der Waals surface area contributed by atoms with Gasteiger partial charge in [-0.3, -0.25) is 4.79 Å². The molecule has 1 aromatic rings. The van der Waals surface area contributed by atoms with Crippen LogP contribution in [0.1, 0.15) is 27.2 Å². The molecule has 0 aliphatic carbocycles. The number of likely N-dealkylation sites (tertiary alicyclic amines) is 1. The van der Waals surface area contributed by atoms with Crippen molar-refractivity contribution in [3.8, 4) is 0 Å². The normalized spacial score (nSPS) is 17.9. The van der Waals surface area contributed by atoms with Gasteiger partial charge >= 0.3 is 6.09 Å². The Balaban J connectivity index is 2.00. The summed E-state index contributed by atoms with van der Waals surface area (Å²) in [4.78, 5) is 27.9. The van der Waals surface area contributed by atoms with E-state index in [1.165, 1.54) is 0 Å². The molecule has 0 aromatic heterocycles. The molecule has 6 nitrogen and oxygen atoms in total. The third kappa shape index (κ3) is 4.15. The molecule has 1 aliphatic heterocycles. The molecule has 0 saturated carbocycles. The number of nitrogens with zero attached hydrogens (tertiary/aromatic N) is 2. The lowest BCUT2D eigenvalue weighted by atomic mass is 10.1. The first-order chi connectivity index (χ1) is 10.7. The minimum atomic E-state index is -0.533. The Kier molecular flexibility index (Phi) is 4.82. The van der Waals surface area contributed by atoms with Crippen LogP contribution in [0.2, 0.25) is 0 Å². The average molecular weight is 319 g/mol. The number of para-hydroxylation sites is 2. The molecule has 1 aliphatic rings. The van der Waals surface area contributed by atoms with E-state index in [-0.39, 0.29) is 17.9 Å². The summed E-state index contributed by atoms with van der Waals surface area (Å²) in [5, 5.41) is 0. The highest BCUT2D eigenvalue weighted by molar-refractivity contribution is 5.97. The molecule has 1 fully saturated rings. The highest BCUT2D eigenvalue weighted by atomic mass is 16.6. The number of carbonyl (C=O) groups excluding carboxylic acids is 2. The number of amides is 2. The molecule has 1 saturated heterocycles. The van der Waals surface area contributed by atoms with E-state index in [9.17, 15) is 9.59 Å². The molecule has 0 spiro atoms. The van der Waals surface area contributed by atoms with Crippen molar-refractivity contribution in [1.82, 2.24) is 4.90 Å². The van der Waals surface area contributed by atoms with E-state index in [0.717, 1.165) is 0 Å². The van der Waals surface area contributed by atoms with E-state index in [4.69, 9.17) is 10.5 Å². The summed E-state index contributed by atoms with van der Waals surface area (Å²) in [6, 6.07) is 7.25. The van der Waals surface area contributed by atoms with Gasteiger partial charge in [0.1, 0.15) is 5.60 Å². The highest BCUT2D eigenvalue weighted by Gasteiger charge is 2.35. The Bertz CT molecular complexity index is 595. The molecule has 2 amide bonds. The van der Waals surface area contributed by atoms with Gasteiger partial charge in [0.25, 0.3) is 0 Å². The van der Waals surface area contributed by atoms with Gasteiger partial charge in [-0.15, -0.1) is 0 Å². The summed E-state index contributed by atoms with van der Waals surface area (Å²) in [7, 11) is 1.71. The zero-order valence-corrected chi connectivity index (χ0v) is 14.2. The minimum Gasteiger partial charge on any atom is -0.444 e. The predicted octanol–water partition coefficient (Wildman–Crippen LogP) is 2.49. The molecule has 2 rings (SSSR count). The maximum Gasteiger partial charge on any atom is 0.410 e. The molecule has 1 heterocycles. The van der Waals surface area contributed by atoms with Crippen molar-refractivity contribution in [2.24, 2.45) is 5.92 Å². The van der Waals surface area contributed by atoms with Gasteiger partial charge in [0, 0.05) is 20.1 Å². The van der Waals surface area contributed by atoms with Crippen LogP contribution in [0.25, 0.3) is 0 Å². The molecular formula is C17H25N3O3. The molecule has 0 radical (unpaired) electrons. The van der Waals surface area contributed by atoms with Crippen LogP contribution in [0, 0.1) is 5.92 Å². The van der Waals surface area contributed by atoms with Gasteiger partial charge in [-0.25, -0.2) is 4.79 Å². The van der Waals surface area contributed by atoms with Crippen LogP contribution < -0.4 is 10.6 Å². The van der Waals surface area contributed by atoms with Crippen molar-refractivity contribution >= 4 is 23.4 Å². The van der Waals surface area contributed by atoms with Crippen molar-refractivity contribution < 1.29 is 14.3 Å². The van der Waals surface area contributed by atoms with Crippen LogP contribution in [0.15, 0.2) is 24.3 Å². The van der Waals surface area contributed by atoms with Crippen molar-refractivity contribution in [1.29, 1.82) is 0 Å². The summed E-state index contributed by atoms with van der Waals surface area (Å²) in [6.45, 7) is 6.40. The molecule has 1 atom stereocenters. The van der Waals surface area contributed by atoms with Crippen molar-refractivity contribution in [2.75, 3.05) is 30.8 Å². The minimum absolute atomic E-state index is 0.0334. The Morgan fingerprint density at radius 1 is 1.30 bits per heavy atom. The maximum absolute atomic E-state index is 12.6. The second-order valence-electron chi connectivity index (χ2n) is 6.87. The fourth-order valence-corrected chi connectivity index (χ4v) is 2.64. The second kappa shape index (κ2) is 6.48. The number of carbonyl (C=O) groups is 2. The number of hydrogen-bond donors (Lipinski definition) is 1. The van der Waals surface area contributed by atoms with Gasteiger partial charge in [-0.05, 0) is 39.3 Å². The molecule has 23 heavy (non-hydrogen) atoms. The van der Waals surface area contributed by atoms with Crippen molar-refractivity contribution in [2.45, 2.75) is 32.8 Å². The van der Waals surface area contributed by atoms with Crippen molar-refractivity contribution in [3.05, 3.63) is 24.3 Å². The van der Waals surface area contributed by atoms with Crippen LogP contribution in [-0.2, 0) is 9.53 Å². The van der Waals surface area contributed by atoms with Crippen molar-refractivity contribution in [3.63, 3.8) is 0 Å². The fourth-order valence-electron chi connectivity index (χ4n) is 2.64. The van der Waals surface area contributed by atoms with E-state index in [2.05, 4.69) is 0 Å². The van der Waals surface area contributed by atoms with E-state index in [1.807, 2.05) is 39.0 Å². The van der Waals surface area contributed by atoms with Gasteiger partial charge in [-0.2, -0.15) is 0 Å². The van der Waals surface area contributed by atoms with Crippen LogP contribution >= 0.6 is 0 Å². The van der Waals surface area contributed by atoms with Crippen LogP contribution in [0.3, 0.4) is 0 Å².